The number of aromatic nitrogens is 3. The molecule has 0 aliphatic heterocycles. The lowest BCUT2D eigenvalue weighted by molar-refractivity contribution is -0.117. The summed E-state index contributed by atoms with van der Waals surface area (Å²) in [5, 5.41) is 19.5. The quantitative estimate of drug-likeness (QED) is 0.377. The van der Waals surface area contributed by atoms with E-state index in [1.54, 1.807) is 17.1 Å². The van der Waals surface area contributed by atoms with Crippen LogP contribution in [-0.2, 0) is 18.3 Å². The van der Waals surface area contributed by atoms with Crippen molar-refractivity contribution in [3.05, 3.63) is 102 Å². The lowest BCUT2D eigenvalue weighted by atomic mass is 9.98. The molecule has 0 saturated heterocycles. The van der Waals surface area contributed by atoms with Crippen molar-refractivity contribution >= 4 is 11.7 Å². The normalized spacial score (nSPS) is 11.5. The van der Waals surface area contributed by atoms with Crippen LogP contribution in [0.3, 0.4) is 0 Å². The maximum Gasteiger partial charge on any atom is 0.234 e. The Bertz CT molecular complexity index is 1270. The molecule has 2 heterocycles. The number of hydrogen-bond donors (Lipinski definition) is 2. The predicted octanol–water partition coefficient (Wildman–Crippen LogP) is 3.91. The largest absolute Gasteiger partial charge is 0.315 e. The van der Waals surface area contributed by atoms with E-state index in [4.69, 9.17) is 5.26 Å². The van der Waals surface area contributed by atoms with Crippen molar-refractivity contribution in [1.82, 2.24) is 20.1 Å². The number of carbonyl (C=O) groups excluding carboxylic acids is 1. The number of aryl methyl sites for hydroxylation is 1. The molecule has 0 spiro atoms. The highest BCUT2D eigenvalue weighted by Gasteiger charge is 2.21. The molecule has 1 amide bonds. The first kappa shape index (κ1) is 22.9. The van der Waals surface area contributed by atoms with E-state index in [1.807, 2.05) is 80.0 Å². The maximum absolute atomic E-state index is 13.3. The Kier molecular flexibility index (Phi) is 7.43. The number of benzene rings is 2. The highest BCUT2D eigenvalue weighted by Crippen LogP contribution is 2.22. The van der Waals surface area contributed by atoms with Crippen molar-refractivity contribution in [1.29, 1.82) is 5.26 Å². The van der Waals surface area contributed by atoms with Gasteiger partial charge in [-0.25, -0.2) is 4.98 Å². The van der Waals surface area contributed by atoms with Gasteiger partial charge in [0.15, 0.2) is 0 Å². The fourth-order valence-electron chi connectivity index (χ4n) is 3.73. The summed E-state index contributed by atoms with van der Waals surface area (Å²) in [5.74, 6) is 0.0174. The van der Waals surface area contributed by atoms with Crippen LogP contribution >= 0.6 is 0 Å². The number of nitriles is 1. The molecule has 0 fully saturated rings. The molecule has 34 heavy (non-hydrogen) atoms. The summed E-state index contributed by atoms with van der Waals surface area (Å²) in [6.45, 7) is 1.21. The fraction of sp³-hybridized carbons (Fsp3) is 0.185. The van der Waals surface area contributed by atoms with Crippen molar-refractivity contribution in [2.75, 3.05) is 18.4 Å². The average molecular weight is 451 g/mol. The lowest BCUT2D eigenvalue weighted by Gasteiger charge is -2.18. The van der Waals surface area contributed by atoms with Gasteiger partial charge in [-0.15, -0.1) is 0 Å². The number of hydrogen-bond acceptors (Lipinski definition) is 5. The molecule has 4 rings (SSSR count). The molecule has 7 heteroatoms. The molecule has 1 atom stereocenters. The predicted molar refractivity (Wildman–Crippen MR) is 132 cm³/mol. The summed E-state index contributed by atoms with van der Waals surface area (Å²) in [6.07, 6.45) is 6.20. The van der Waals surface area contributed by atoms with Crippen molar-refractivity contribution < 1.29 is 4.79 Å². The van der Waals surface area contributed by atoms with Crippen molar-refractivity contribution in [2.45, 2.75) is 12.3 Å². The Balaban J connectivity index is 1.41. The Morgan fingerprint density at radius 1 is 1.09 bits per heavy atom. The van der Waals surface area contributed by atoms with Crippen LogP contribution in [0, 0.1) is 11.3 Å². The molecule has 2 aromatic carbocycles. The molecule has 2 aromatic heterocycles. The van der Waals surface area contributed by atoms with Crippen LogP contribution in [0.1, 0.15) is 22.6 Å². The molecule has 0 aliphatic carbocycles. The lowest BCUT2D eigenvalue weighted by Crippen LogP contribution is -2.32. The first-order valence-electron chi connectivity index (χ1n) is 11.1. The van der Waals surface area contributed by atoms with Gasteiger partial charge in [0.2, 0.25) is 5.91 Å². The van der Waals surface area contributed by atoms with Crippen LogP contribution in [-0.4, -0.2) is 33.8 Å². The third-order valence-electron chi connectivity index (χ3n) is 5.59. The van der Waals surface area contributed by atoms with Crippen LogP contribution in [0.5, 0.6) is 0 Å². The second kappa shape index (κ2) is 11.0. The highest BCUT2D eigenvalue weighted by molar-refractivity contribution is 5.95. The van der Waals surface area contributed by atoms with Gasteiger partial charge >= 0.3 is 0 Å². The molecule has 7 nitrogen and oxygen atoms in total. The zero-order chi connectivity index (χ0) is 23.8. The van der Waals surface area contributed by atoms with Crippen LogP contribution in [0.4, 0.5) is 5.82 Å². The third kappa shape index (κ3) is 5.94. The summed E-state index contributed by atoms with van der Waals surface area (Å²) >= 11 is 0. The van der Waals surface area contributed by atoms with E-state index in [1.165, 1.54) is 0 Å². The van der Waals surface area contributed by atoms with E-state index in [9.17, 15) is 4.79 Å². The zero-order valence-electron chi connectivity index (χ0n) is 19.0. The summed E-state index contributed by atoms with van der Waals surface area (Å²) < 4.78 is 1.74. The van der Waals surface area contributed by atoms with E-state index in [-0.39, 0.29) is 11.8 Å². The van der Waals surface area contributed by atoms with E-state index in [0.29, 0.717) is 17.9 Å². The smallest absolute Gasteiger partial charge is 0.234 e. The molecule has 0 aliphatic rings. The standard InChI is InChI=1S/C27H26N6O/c1-33-19-24(17-31-33)23-12-14-30-26(15-23)32-27(34)25(22-5-3-2-4-6-22)18-29-13-11-20-7-9-21(16-28)10-8-20/h2-10,12,14-15,17,19,25,29H,11,13,18H2,1H3,(H,30,32,34). The second-order valence-electron chi connectivity index (χ2n) is 8.05. The summed E-state index contributed by atoms with van der Waals surface area (Å²) in [6, 6.07) is 23.2. The highest BCUT2D eigenvalue weighted by atomic mass is 16.2. The second-order valence-corrected chi connectivity index (χ2v) is 8.05. The molecule has 0 bridgehead atoms. The van der Waals surface area contributed by atoms with Gasteiger partial charge in [0.1, 0.15) is 5.82 Å². The van der Waals surface area contributed by atoms with E-state index in [2.05, 4.69) is 26.8 Å². The van der Waals surface area contributed by atoms with Crippen LogP contribution < -0.4 is 10.6 Å². The van der Waals surface area contributed by atoms with E-state index >= 15 is 0 Å². The molecule has 0 saturated carbocycles. The third-order valence-corrected chi connectivity index (χ3v) is 5.59. The average Bonchev–Trinajstić information content (AvgIpc) is 3.31. The molecule has 170 valence electrons. The van der Waals surface area contributed by atoms with Gasteiger partial charge in [-0.2, -0.15) is 10.4 Å². The van der Waals surface area contributed by atoms with E-state index < -0.39 is 0 Å². The van der Waals surface area contributed by atoms with Crippen molar-refractivity contribution in [3.8, 4) is 17.2 Å². The first-order chi connectivity index (χ1) is 16.6. The Labute approximate surface area is 199 Å². The molecular weight excluding hydrogens is 424 g/mol. The van der Waals surface area contributed by atoms with Gasteiger partial charge in [0.25, 0.3) is 0 Å². The van der Waals surface area contributed by atoms with Crippen LogP contribution in [0.15, 0.2) is 85.3 Å². The maximum atomic E-state index is 13.3. The topological polar surface area (TPSA) is 95.6 Å². The summed E-state index contributed by atoms with van der Waals surface area (Å²) in [4.78, 5) is 17.6. The van der Waals surface area contributed by atoms with Crippen molar-refractivity contribution in [3.63, 3.8) is 0 Å². The van der Waals surface area contributed by atoms with Gasteiger partial charge < -0.3 is 10.6 Å². The Morgan fingerprint density at radius 3 is 2.59 bits per heavy atom. The minimum atomic E-state index is -0.369. The number of pyridine rings is 1. The fourth-order valence-corrected chi connectivity index (χ4v) is 3.73. The van der Waals surface area contributed by atoms with Crippen LogP contribution in [0.25, 0.3) is 11.1 Å². The number of rotatable bonds is 9. The first-order valence-corrected chi connectivity index (χ1v) is 11.1. The van der Waals surface area contributed by atoms with Gasteiger partial charge in [-0.3, -0.25) is 9.48 Å². The number of nitrogens with one attached hydrogen (secondary N) is 2. The Morgan fingerprint density at radius 2 is 1.88 bits per heavy atom. The molecule has 4 aromatic rings. The summed E-state index contributed by atoms with van der Waals surface area (Å²) in [5.41, 5.74) is 4.64. The SMILES string of the molecule is Cn1cc(-c2ccnc(NC(=O)C(CNCCc3ccc(C#N)cc3)c3ccccc3)c2)cn1. The molecular formula is C27H26N6O. The molecule has 1 unspecified atom stereocenters. The minimum absolute atomic E-state index is 0.118. The van der Waals surface area contributed by atoms with Crippen molar-refractivity contribution in [2.24, 2.45) is 7.05 Å². The minimum Gasteiger partial charge on any atom is -0.315 e. The van der Waals surface area contributed by atoms with Gasteiger partial charge in [-0.1, -0.05) is 42.5 Å². The van der Waals surface area contributed by atoms with E-state index in [0.717, 1.165) is 35.2 Å². The van der Waals surface area contributed by atoms with Gasteiger partial charge in [-0.05, 0) is 53.9 Å². The zero-order valence-corrected chi connectivity index (χ0v) is 19.0. The summed E-state index contributed by atoms with van der Waals surface area (Å²) in [7, 11) is 1.87. The van der Waals surface area contributed by atoms with Gasteiger partial charge in [0.05, 0.1) is 23.7 Å². The molecule has 2 N–H and O–H groups in total. The number of anilines is 1. The van der Waals surface area contributed by atoms with Crippen LogP contribution in [0.2, 0.25) is 0 Å². The Hall–Kier alpha value is -4.28. The van der Waals surface area contributed by atoms with Gasteiger partial charge in [0, 0.05) is 31.5 Å². The molecule has 0 radical (unpaired) electrons. The number of nitrogens with zero attached hydrogens (tertiary/aromatic N) is 4. The number of amides is 1. The number of carbonyl (C=O) groups is 1. The monoisotopic (exact) mass is 450 g/mol.